The van der Waals surface area contributed by atoms with Gasteiger partial charge in [0.05, 0.1) is 6.33 Å². The Morgan fingerprint density at radius 1 is 1.35 bits per heavy atom. The number of nitrogens with one attached hydrogen (secondary N) is 1. The summed E-state index contributed by atoms with van der Waals surface area (Å²) < 4.78 is 2.12. The van der Waals surface area contributed by atoms with Crippen LogP contribution in [-0.4, -0.2) is 46.7 Å². The molecule has 2 rings (SSSR count). The van der Waals surface area contributed by atoms with Crippen molar-refractivity contribution in [3.05, 3.63) is 18.7 Å². The van der Waals surface area contributed by atoms with Crippen LogP contribution in [0.15, 0.2) is 18.7 Å². The number of hydrogen-bond acceptors (Lipinski definition) is 3. The second-order valence-electron chi connectivity index (χ2n) is 5.02. The first-order chi connectivity index (χ1) is 8.34. The van der Waals surface area contributed by atoms with E-state index in [-0.39, 0.29) is 0 Å². The molecular formula is C13H24N4. The van der Waals surface area contributed by atoms with E-state index in [0.717, 1.165) is 13.1 Å². The van der Waals surface area contributed by atoms with Gasteiger partial charge in [-0.2, -0.15) is 0 Å². The van der Waals surface area contributed by atoms with Crippen LogP contribution in [0.4, 0.5) is 0 Å². The van der Waals surface area contributed by atoms with Crippen molar-refractivity contribution in [2.75, 3.05) is 26.2 Å². The monoisotopic (exact) mass is 236 g/mol. The van der Waals surface area contributed by atoms with Crippen molar-refractivity contribution in [1.29, 1.82) is 0 Å². The fourth-order valence-corrected chi connectivity index (χ4v) is 2.43. The molecule has 2 heterocycles. The van der Waals surface area contributed by atoms with E-state index in [2.05, 4.69) is 26.7 Å². The third kappa shape index (κ3) is 4.48. The Balaban J connectivity index is 1.52. The molecule has 0 saturated carbocycles. The maximum absolute atomic E-state index is 4.05. The van der Waals surface area contributed by atoms with Crippen LogP contribution in [0.3, 0.4) is 0 Å². The normalized spacial score (nSPS) is 18.6. The summed E-state index contributed by atoms with van der Waals surface area (Å²) in [5.74, 6) is 0. The van der Waals surface area contributed by atoms with Crippen LogP contribution in [0.1, 0.15) is 26.2 Å². The van der Waals surface area contributed by atoms with Crippen LogP contribution in [0, 0.1) is 0 Å². The molecule has 1 fully saturated rings. The molecule has 4 heteroatoms. The van der Waals surface area contributed by atoms with Crippen LogP contribution >= 0.6 is 0 Å². The van der Waals surface area contributed by atoms with Gasteiger partial charge in [0, 0.05) is 25.0 Å². The Bertz CT molecular complexity index is 290. The van der Waals surface area contributed by atoms with Gasteiger partial charge in [0.1, 0.15) is 0 Å². The highest BCUT2D eigenvalue weighted by molar-refractivity contribution is 4.76. The summed E-state index contributed by atoms with van der Waals surface area (Å²) in [6.07, 6.45) is 9.77. The van der Waals surface area contributed by atoms with E-state index in [1.807, 2.05) is 18.7 Å². The van der Waals surface area contributed by atoms with Crippen LogP contribution in [0.5, 0.6) is 0 Å². The van der Waals surface area contributed by atoms with Gasteiger partial charge in [-0.05, 0) is 52.4 Å². The molecule has 1 saturated heterocycles. The zero-order valence-corrected chi connectivity index (χ0v) is 10.8. The van der Waals surface area contributed by atoms with Gasteiger partial charge in [-0.1, -0.05) is 0 Å². The first-order valence-electron chi connectivity index (χ1n) is 6.76. The molecule has 1 aromatic rings. The Morgan fingerprint density at radius 2 is 2.18 bits per heavy atom. The standard InChI is InChI=1S/C13H24N4/c1-13(11-17-10-6-14-12-17)15-5-4-9-16-7-2-3-8-16/h6,10,12-13,15H,2-5,7-9,11H2,1H3. The number of imidazole rings is 1. The van der Waals surface area contributed by atoms with Gasteiger partial charge in [0.15, 0.2) is 0 Å². The van der Waals surface area contributed by atoms with Crippen LogP contribution in [-0.2, 0) is 6.54 Å². The minimum atomic E-state index is 0.516. The highest BCUT2D eigenvalue weighted by atomic mass is 15.1. The minimum Gasteiger partial charge on any atom is -0.336 e. The fourth-order valence-electron chi connectivity index (χ4n) is 2.43. The number of nitrogens with zero attached hydrogens (tertiary/aromatic N) is 3. The maximum atomic E-state index is 4.05. The van der Waals surface area contributed by atoms with Crippen molar-refractivity contribution in [2.24, 2.45) is 0 Å². The SMILES string of the molecule is CC(Cn1ccnc1)NCCCN1CCCC1. The highest BCUT2D eigenvalue weighted by Gasteiger charge is 2.10. The van der Waals surface area contributed by atoms with E-state index in [1.165, 1.54) is 38.9 Å². The van der Waals surface area contributed by atoms with Gasteiger partial charge < -0.3 is 14.8 Å². The smallest absolute Gasteiger partial charge is 0.0946 e. The molecule has 1 aliphatic rings. The third-order valence-corrected chi connectivity index (χ3v) is 3.39. The topological polar surface area (TPSA) is 33.1 Å². The Kier molecular flexibility index (Phi) is 5.01. The summed E-state index contributed by atoms with van der Waals surface area (Å²) in [4.78, 5) is 6.62. The van der Waals surface area contributed by atoms with Crippen molar-refractivity contribution < 1.29 is 0 Å². The molecule has 1 aromatic heterocycles. The lowest BCUT2D eigenvalue weighted by molar-refractivity contribution is 0.326. The largest absolute Gasteiger partial charge is 0.336 e. The van der Waals surface area contributed by atoms with Gasteiger partial charge in [0.25, 0.3) is 0 Å². The van der Waals surface area contributed by atoms with E-state index < -0.39 is 0 Å². The lowest BCUT2D eigenvalue weighted by Gasteiger charge is -2.17. The molecule has 0 radical (unpaired) electrons. The molecular weight excluding hydrogens is 212 g/mol. The average Bonchev–Trinajstić information content (AvgIpc) is 2.96. The van der Waals surface area contributed by atoms with E-state index in [4.69, 9.17) is 0 Å². The van der Waals surface area contributed by atoms with Gasteiger partial charge in [-0.15, -0.1) is 0 Å². The van der Waals surface area contributed by atoms with Crippen molar-refractivity contribution in [1.82, 2.24) is 19.8 Å². The predicted octanol–water partition coefficient (Wildman–Crippen LogP) is 1.35. The zero-order valence-electron chi connectivity index (χ0n) is 10.8. The molecule has 0 amide bonds. The second kappa shape index (κ2) is 6.77. The average molecular weight is 236 g/mol. The molecule has 1 aliphatic heterocycles. The molecule has 17 heavy (non-hydrogen) atoms. The van der Waals surface area contributed by atoms with Gasteiger partial charge in [-0.3, -0.25) is 0 Å². The molecule has 0 spiro atoms. The summed E-state index contributed by atoms with van der Waals surface area (Å²) in [7, 11) is 0. The first kappa shape index (κ1) is 12.6. The quantitative estimate of drug-likeness (QED) is 0.725. The lowest BCUT2D eigenvalue weighted by Crippen LogP contribution is -2.32. The number of rotatable bonds is 7. The second-order valence-corrected chi connectivity index (χ2v) is 5.02. The molecule has 4 nitrogen and oxygen atoms in total. The Morgan fingerprint density at radius 3 is 2.88 bits per heavy atom. The molecule has 96 valence electrons. The Hall–Kier alpha value is -0.870. The van der Waals surface area contributed by atoms with Crippen molar-refractivity contribution in [3.8, 4) is 0 Å². The number of hydrogen-bond donors (Lipinski definition) is 1. The molecule has 1 atom stereocenters. The van der Waals surface area contributed by atoms with E-state index >= 15 is 0 Å². The molecule has 0 aliphatic carbocycles. The van der Waals surface area contributed by atoms with Crippen LogP contribution in [0.2, 0.25) is 0 Å². The summed E-state index contributed by atoms with van der Waals surface area (Å²) in [5.41, 5.74) is 0. The van der Waals surface area contributed by atoms with Crippen LogP contribution in [0.25, 0.3) is 0 Å². The summed E-state index contributed by atoms with van der Waals surface area (Å²) in [6.45, 7) is 8.23. The van der Waals surface area contributed by atoms with E-state index in [1.54, 1.807) is 0 Å². The summed E-state index contributed by atoms with van der Waals surface area (Å²) in [5, 5.41) is 3.57. The van der Waals surface area contributed by atoms with Gasteiger partial charge in [-0.25, -0.2) is 4.98 Å². The Labute approximate surface area is 104 Å². The lowest BCUT2D eigenvalue weighted by atomic mass is 10.3. The van der Waals surface area contributed by atoms with E-state index in [0.29, 0.717) is 6.04 Å². The maximum Gasteiger partial charge on any atom is 0.0946 e. The van der Waals surface area contributed by atoms with Gasteiger partial charge >= 0.3 is 0 Å². The van der Waals surface area contributed by atoms with Crippen molar-refractivity contribution in [2.45, 2.75) is 38.8 Å². The van der Waals surface area contributed by atoms with Gasteiger partial charge in [0.2, 0.25) is 0 Å². The predicted molar refractivity (Wildman–Crippen MR) is 70.0 cm³/mol. The fraction of sp³-hybridized carbons (Fsp3) is 0.769. The summed E-state index contributed by atoms with van der Waals surface area (Å²) >= 11 is 0. The number of likely N-dealkylation sites (tertiary alicyclic amines) is 1. The van der Waals surface area contributed by atoms with Crippen molar-refractivity contribution in [3.63, 3.8) is 0 Å². The van der Waals surface area contributed by atoms with Crippen molar-refractivity contribution >= 4 is 0 Å². The zero-order chi connectivity index (χ0) is 11.9. The van der Waals surface area contributed by atoms with E-state index in [9.17, 15) is 0 Å². The molecule has 1 unspecified atom stereocenters. The third-order valence-electron chi connectivity index (χ3n) is 3.39. The number of aromatic nitrogens is 2. The molecule has 0 bridgehead atoms. The van der Waals surface area contributed by atoms with Crippen LogP contribution < -0.4 is 5.32 Å². The molecule has 0 aromatic carbocycles. The summed E-state index contributed by atoms with van der Waals surface area (Å²) in [6, 6.07) is 0.516. The highest BCUT2D eigenvalue weighted by Crippen LogP contribution is 2.06. The first-order valence-corrected chi connectivity index (χ1v) is 6.76. The minimum absolute atomic E-state index is 0.516. The molecule has 1 N–H and O–H groups in total.